The fourth-order valence-electron chi connectivity index (χ4n) is 10.4. The maximum Gasteiger partial charge on any atom is 0.329 e. The first-order valence-corrected chi connectivity index (χ1v) is 23.0. The number of benzene rings is 1. The number of carbonyl (C=O) groups is 3. The summed E-state index contributed by atoms with van der Waals surface area (Å²) in [6, 6.07) is 4.32. The first-order valence-electron chi connectivity index (χ1n) is 23.0. The van der Waals surface area contributed by atoms with Gasteiger partial charge in [-0.3, -0.25) is 33.5 Å². The summed E-state index contributed by atoms with van der Waals surface area (Å²) in [4.78, 5) is 58.1. The van der Waals surface area contributed by atoms with Gasteiger partial charge in [0, 0.05) is 64.6 Å². The number of nitrogens with zero attached hydrogens (tertiary/aromatic N) is 8. The van der Waals surface area contributed by atoms with Gasteiger partial charge in [0.15, 0.2) is 11.3 Å². The Balaban J connectivity index is 0.731. The zero-order valence-electron chi connectivity index (χ0n) is 36.8. The summed E-state index contributed by atoms with van der Waals surface area (Å²) < 4.78 is 69.5. The van der Waals surface area contributed by atoms with Crippen molar-refractivity contribution >= 4 is 45.9 Å². The van der Waals surface area contributed by atoms with Crippen molar-refractivity contribution in [3.63, 3.8) is 0 Å². The van der Waals surface area contributed by atoms with Gasteiger partial charge >= 0.3 is 5.69 Å². The van der Waals surface area contributed by atoms with Crippen molar-refractivity contribution in [1.29, 1.82) is 0 Å². The Morgan fingerprint density at radius 2 is 1.83 bits per heavy atom. The van der Waals surface area contributed by atoms with Crippen molar-refractivity contribution < 1.29 is 36.7 Å². The molecule has 2 saturated heterocycles. The van der Waals surface area contributed by atoms with Crippen LogP contribution in [0.4, 0.5) is 29.1 Å². The molecule has 0 bridgehead atoms. The van der Waals surface area contributed by atoms with E-state index in [2.05, 4.69) is 36.0 Å². The Hall–Kier alpha value is -5.67. The zero-order valence-corrected chi connectivity index (χ0v) is 36.8. The maximum absolute atomic E-state index is 14.3. The van der Waals surface area contributed by atoms with E-state index in [9.17, 15) is 36.7 Å². The predicted molar refractivity (Wildman–Crippen MR) is 236 cm³/mol. The van der Waals surface area contributed by atoms with Crippen LogP contribution in [0.1, 0.15) is 117 Å². The summed E-state index contributed by atoms with van der Waals surface area (Å²) in [5.41, 5.74) is 7.55. The van der Waals surface area contributed by atoms with Crippen LogP contribution in [0.2, 0.25) is 0 Å². The number of anilines is 2. The number of amides is 3. The van der Waals surface area contributed by atoms with Gasteiger partial charge in [0.2, 0.25) is 11.8 Å². The Morgan fingerprint density at radius 1 is 1.05 bits per heavy atom. The van der Waals surface area contributed by atoms with Crippen molar-refractivity contribution in [3.05, 3.63) is 70.2 Å². The van der Waals surface area contributed by atoms with E-state index >= 15 is 0 Å². The monoisotopic (exact) mass is 920 g/mol. The van der Waals surface area contributed by atoms with Gasteiger partial charge in [-0.25, -0.2) is 31.9 Å². The van der Waals surface area contributed by atoms with E-state index in [4.69, 9.17) is 10.5 Å². The average molecular weight is 921 g/mol. The fourth-order valence-corrected chi connectivity index (χ4v) is 10.4. The van der Waals surface area contributed by atoms with E-state index in [1.165, 1.54) is 27.7 Å². The number of rotatable bonds is 14. The first kappa shape index (κ1) is 45.5. The van der Waals surface area contributed by atoms with Gasteiger partial charge in [-0.05, 0) is 94.2 Å². The quantitative estimate of drug-likeness (QED) is 0.0622. The number of para-hydroxylation sites is 1. The minimum atomic E-state index is -3.02. The maximum atomic E-state index is 14.3. The van der Waals surface area contributed by atoms with Gasteiger partial charge in [-0.2, -0.15) is 10.2 Å². The number of hydrogen-bond acceptors (Lipinski definition) is 11. The number of fused-ring (bicyclic) bond motifs is 2. The van der Waals surface area contributed by atoms with E-state index in [1.807, 2.05) is 18.2 Å². The molecule has 0 spiro atoms. The molecule has 3 amide bonds. The Kier molecular flexibility index (Phi) is 13.0. The molecule has 1 aromatic carbocycles. The molecule has 21 heteroatoms. The van der Waals surface area contributed by atoms with Gasteiger partial charge in [-0.15, -0.1) is 0 Å². The second-order valence-corrected chi connectivity index (χ2v) is 18.3. The largest absolute Gasteiger partial charge is 0.378 e. The Bertz CT molecular complexity index is 2640. The van der Waals surface area contributed by atoms with Crippen LogP contribution in [-0.4, -0.2) is 106 Å². The second-order valence-electron chi connectivity index (χ2n) is 18.3. The third kappa shape index (κ3) is 9.33. The van der Waals surface area contributed by atoms with E-state index < -0.39 is 48.0 Å². The number of nitrogens with one attached hydrogen (secondary N) is 3. The zero-order chi connectivity index (χ0) is 46.3. The molecule has 354 valence electrons. The van der Waals surface area contributed by atoms with E-state index in [1.54, 1.807) is 22.4 Å². The molecule has 9 rings (SSSR count). The highest BCUT2D eigenvalue weighted by molar-refractivity contribution is 6.08. The number of carbonyl (C=O) groups excluding carboxylic acids is 3. The van der Waals surface area contributed by atoms with Crippen molar-refractivity contribution in [2.75, 3.05) is 36.9 Å². The molecule has 6 heterocycles. The van der Waals surface area contributed by atoms with Gasteiger partial charge < -0.3 is 26.0 Å². The van der Waals surface area contributed by atoms with Gasteiger partial charge in [-0.1, -0.05) is 12.1 Å². The topological polar surface area (TPSA) is 201 Å². The third-order valence-electron chi connectivity index (χ3n) is 14.0. The smallest absolute Gasteiger partial charge is 0.329 e. The van der Waals surface area contributed by atoms with E-state index in [-0.39, 0.29) is 65.7 Å². The summed E-state index contributed by atoms with van der Waals surface area (Å²) >= 11 is 0. The molecule has 5 aromatic rings. The van der Waals surface area contributed by atoms with E-state index in [0.717, 1.165) is 75.7 Å². The number of hydrogen-bond donors (Lipinski definition) is 4. The van der Waals surface area contributed by atoms with Crippen molar-refractivity contribution in [1.82, 2.24) is 43.7 Å². The second kappa shape index (κ2) is 18.9. The fraction of sp³-hybridized carbons (Fsp3) is 0.578. The molecular weight excluding hydrogens is 865 g/mol. The van der Waals surface area contributed by atoms with Crippen LogP contribution >= 0.6 is 0 Å². The number of nitrogens with two attached hydrogens (primary N) is 1. The number of piperidine rings is 2. The van der Waals surface area contributed by atoms with Gasteiger partial charge in [0.25, 0.3) is 18.3 Å². The molecule has 2 aliphatic carbocycles. The standard InChI is InChI=1S/C45H56F4N12O5/c1-57-38-27(5-2-8-33(38)61(44(57)65)34-13-14-36(62)55-43(34)64)6-4-22-66-29-15-19-58(20-16-29)24-26-9-11-28(12-10-26)60-25-32(37(56-60)40(46)47)53-42(63)30-23-51-59-21-17-35(54-41(30)59)52-31-7-3-18-45(48,49)39(31)50/h2,5,8,17,21,23,25-26,28-29,31,34,39-40H,3-4,6-7,9-16,18-20,22,24,50H2,1H3,(H,52,54)(H,53,63)(H,55,62,64)/t26-,28-,31-,34?,39-/m1/s1. The number of ether oxygens (including phenoxy) is 1. The molecule has 4 fully saturated rings. The molecule has 5 N–H and O–H groups in total. The molecule has 17 nitrogen and oxygen atoms in total. The summed E-state index contributed by atoms with van der Waals surface area (Å²) in [7, 11) is 1.71. The van der Waals surface area contributed by atoms with Gasteiger partial charge in [0.05, 0.1) is 41.1 Å². The number of likely N-dealkylation sites (tertiary alicyclic amines) is 1. The molecule has 0 radical (unpaired) electrons. The normalized spacial score (nSPS) is 24.3. The summed E-state index contributed by atoms with van der Waals surface area (Å²) in [5, 5.41) is 16.3. The number of aromatic nitrogens is 7. The number of alkyl halides is 4. The molecular formula is C45H56F4N12O5. The highest BCUT2D eigenvalue weighted by atomic mass is 19.3. The average Bonchev–Trinajstić information content (AvgIpc) is 3.99. The molecule has 4 aromatic heterocycles. The lowest BCUT2D eigenvalue weighted by molar-refractivity contribution is -0.135. The SMILES string of the molecule is Cn1c(=O)n(C2CCC(=O)NC2=O)c2cccc(CCCOC3CCN(C[C@H]4CC[C@H](n5cc(NC(=O)c6cnn7ccc(N[C@@H]8CCCC(F)(F)[C@@H]8N)nc67)c(C(F)F)n5)CC4)CC3)c21. The molecule has 4 aliphatic rings. The minimum absolute atomic E-state index is 0.0162. The summed E-state index contributed by atoms with van der Waals surface area (Å²) in [5.74, 6) is -3.81. The first-order chi connectivity index (χ1) is 31.7. The van der Waals surface area contributed by atoms with Crippen LogP contribution in [0.5, 0.6) is 0 Å². The lowest BCUT2D eigenvalue weighted by atomic mass is 9.85. The number of imidazole rings is 1. The van der Waals surface area contributed by atoms with Gasteiger partial charge in [0.1, 0.15) is 17.4 Å². The predicted octanol–water partition coefficient (Wildman–Crippen LogP) is 5.52. The van der Waals surface area contributed by atoms with Crippen molar-refractivity contribution in [2.24, 2.45) is 18.7 Å². The third-order valence-corrected chi connectivity index (χ3v) is 14.0. The van der Waals surface area contributed by atoms with Crippen LogP contribution < -0.4 is 27.4 Å². The number of aryl methyl sites for hydroxylation is 2. The summed E-state index contributed by atoms with van der Waals surface area (Å²) in [6.45, 7) is 3.38. The van der Waals surface area contributed by atoms with Crippen LogP contribution in [0.3, 0.4) is 0 Å². The number of imide groups is 1. The number of halogens is 4. The lowest BCUT2D eigenvalue weighted by Gasteiger charge is -2.36. The van der Waals surface area contributed by atoms with Crippen molar-refractivity contribution in [3.8, 4) is 0 Å². The highest BCUT2D eigenvalue weighted by Gasteiger charge is 2.45. The molecule has 1 unspecified atom stereocenters. The van der Waals surface area contributed by atoms with Crippen LogP contribution in [0.25, 0.3) is 16.7 Å². The lowest BCUT2D eigenvalue weighted by Crippen LogP contribution is -2.55. The molecule has 66 heavy (non-hydrogen) atoms. The Morgan fingerprint density at radius 3 is 2.59 bits per heavy atom. The van der Waals surface area contributed by atoms with Crippen LogP contribution in [0, 0.1) is 5.92 Å². The molecule has 3 atom stereocenters. The minimum Gasteiger partial charge on any atom is -0.378 e. The Labute approximate surface area is 377 Å². The summed E-state index contributed by atoms with van der Waals surface area (Å²) in [6.07, 6.45) is 9.08. The van der Waals surface area contributed by atoms with Crippen molar-refractivity contribution in [2.45, 2.75) is 126 Å². The van der Waals surface area contributed by atoms with Crippen LogP contribution in [0.15, 0.2) is 47.7 Å². The van der Waals surface area contributed by atoms with E-state index in [0.29, 0.717) is 37.3 Å². The van der Waals surface area contributed by atoms with Crippen LogP contribution in [-0.2, 0) is 27.8 Å². The molecule has 2 saturated carbocycles. The highest BCUT2D eigenvalue weighted by Crippen LogP contribution is 2.37. The molecule has 2 aliphatic heterocycles.